The number of hydrogen-bond donors (Lipinski definition) is 1. The predicted octanol–water partition coefficient (Wildman–Crippen LogP) is 3.42. The van der Waals surface area contributed by atoms with Crippen molar-refractivity contribution >= 4 is 11.8 Å². The monoisotopic (exact) mass is 371 g/mol. The number of amides is 2. The molecular formula is C21H29N3O3. The molecule has 2 heterocycles. The van der Waals surface area contributed by atoms with Crippen molar-refractivity contribution < 1.29 is 14.0 Å². The molecule has 0 bridgehead atoms. The summed E-state index contributed by atoms with van der Waals surface area (Å²) >= 11 is 0. The number of carbonyl (C=O) groups excluding carboxylic acids is 2. The van der Waals surface area contributed by atoms with E-state index in [1.807, 2.05) is 36.2 Å². The van der Waals surface area contributed by atoms with Crippen LogP contribution in [0.4, 0.5) is 0 Å². The Labute approximate surface area is 160 Å². The summed E-state index contributed by atoms with van der Waals surface area (Å²) in [6.45, 7) is 6.68. The minimum atomic E-state index is -0.181. The number of carbonyl (C=O) groups is 2. The van der Waals surface area contributed by atoms with Gasteiger partial charge in [0.05, 0.1) is 13.1 Å². The Bertz CT molecular complexity index is 773. The second-order valence-corrected chi connectivity index (χ2v) is 7.18. The first kappa shape index (κ1) is 19.3. The molecule has 1 aliphatic rings. The van der Waals surface area contributed by atoms with Gasteiger partial charge in [-0.1, -0.05) is 13.8 Å². The van der Waals surface area contributed by atoms with Gasteiger partial charge in [-0.25, -0.2) is 0 Å². The Kier molecular flexibility index (Phi) is 6.37. The first-order chi connectivity index (χ1) is 13.1. The minimum absolute atomic E-state index is 0.181. The van der Waals surface area contributed by atoms with E-state index in [1.54, 1.807) is 6.07 Å². The summed E-state index contributed by atoms with van der Waals surface area (Å²) in [4.78, 5) is 26.5. The molecule has 1 fully saturated rings. The maximum absolute atomic E-state index is 12.5. The summed E-state index contributed by atoms with van der Waals surface area (Å²) < 4.78 is 7.78. The molecule has 1 N–H and O–H groups in total. The fourth-order valence-corrected chi connectivity index (χ4v) is 3.15. The highest BCUT2D eigenvalue weighted by Gasteiger charge is 2.33. The molecule has 1 saturated carbocycles. The smallest absolute Gasteiger partial charge is 0.286 e. The summed E-state index contributed by atoms with van der Waals surface area (Å²) in [7, 11) is 0. The molecule has 6 heteroatoms. The lowest BCUT2D eigenvalue weighted by molar-refractivity contribution is -0.133. The van der Waals surface area contributed by atoms with Crippen LogP contribution in [0.3, 0.4) is 0 Å². The minimum Gasteiger partial charge on any atom is -0.454 e. The number of nitrogens with zero attached hydrogens (tertiary/aromatic N) is 2. The Balaban J connectivity index is 1.65. The average molecular weight is 371 g/mol. The SMILES string of the molecule is CCCNC(=O)c1ccc(Cn2cccc2CN(CCC)C(=O)C2CC2)o1. The van der Waals surface area contributed by atoms with E-state index in [0.29, 0.717) is 25.4 Å². The van der Waals surface area contributed by atoms with Crippen LogP contribution in [-0.4, -0.2) is 34.4 Å². The van der Waals surface area contributed by atoms with Crippen molar-refractivity contribution in [2.24, 2.45) is 5.92 Å². The van der Waals surface area contributed by atoms with Crippen molar-refractivity contribution in [3.8, 4) is 0 Å². The molecule has 0 radical (unpaired) electrons. The molecule has 0 spiro atoms. The lowest BCUT2D eigenvalue weighted by Crippen LogP contribution is -2.33. The number of aromatic nitrogens is 1. The van der Waals surface area contributed by atoms with Gasteiger partial charge in [0.1, 0.15) is 5.76 Å². The van der Waals surface area contributed by atoms with Crippen LogP contribution in [0.25, 0.3) is 0 Å². The van der Waals surface area contributed by atoms with Gasteiger partial charge in [-0.05, 0) is 49.9 Å². The Morgan fingerprint density at radius 1 is 1.22 bits per heavy atom. The van der Waals surface area contributed by atoms with Gasteiger partial charge in [0.15, 0.2) is 5.76 Å². The molecule has 1 aliphatic carbocycles. The molecule has 146 valence electrons. The largest absolute Gasteiger partial charge is 0.454 e. The Morgan fingerprint density at radius 2 is 2.04 bits per heavy atom. The maximum Gasteiger partial charge on any atom is 0.286 e. The normalized spacial score (nSPS) is 13.6. The van der Waals surface area contributed by atoms with E-state index in [9.17, 15) is 9.59 Å². The fourth-order valence-electron chi connectivity index (χ4n) is 3.15. The van der Waals surface area contributed by atoms with Crippen LogP contribution in [0.1, 0.15) is 61.5 Å². The molecule has 3 rings (SSSR count). The zero-order valence-electron chi connectivity index (χ0n) is 16.2. The van der Waals surface area contributed by atoms with Gasteiger partial charge < -0.3 is 19.2 Å². The molecule has 0 unspecified atom stereocenters. The topological polar surface area (TPSA) is 67.5 Å². The van der Waals surface area contributed by atoms with Crippen LogP contribution in [0, 0.1) is 5.92 Å². The van der Waals surface area contributed by atoms with Crippen molar-refractivity contribution in [2.45, 2.75) is 52.6 Å². The lowest BCUT2D eigenvalue weighted by atomic mass is 10.3. The summed E-state index contributed by atoms with van der Waals surface area (Å²) in [5.41, 5.74) is 1.07. The molecule has 0 aromatic carbocycles. The number of nitrogens with one attached hydrogen (secondary N) is 1. The van der Waals surface area contributed by atoms with E-state index in [0.717, 1.165) is 43.7 Å². The van der Waals surface area contributed by atoms with Gasteiger partial charge in [-0.15, -0.1) is 0 Å². The van der Waals surface area contributed by atoms with E-state index < -0.39 is 0 Å². The molecule has 27 heavy (non-hydrogen) atoms. The second kappa shape index (κ2) is 8.93. The first-order valence-corrected chi connectivity index (χ1v) is 9.92. The van der Waals surface area contributed by atoms with Crippen LogP contribution < -0.4 is 5.32 Å². The van der Waals surface area contributed by atoms with Crippen molar-refractivity contribution in [3.63, 3.8) is 0 Å². The number of hydrogen-bond acceptors (Lipinski definition) is 3. The highest BCUT2D eigenvalue weighted by atomic mass is 16.4. The van der Waals surface area contributed by atoms with Crippen molar-refractivity contribution in [1.82, 2.24) is 14.8 Å². The van der Waals surface area contributed by atoms with Crippen molar-refractivity contribution in [1.29, 1.82) is 0 Å². The van der Waals surface area contributed by atoms with E-state index in [1.165, 1.54) is 0 Å². The molecule has 2 aromatic rings. The van der Waals surface area contributed by atoms with E-state index >= 15 is 0 Å². The number of furan rings is 1. The van der Waals surface area contributed by atoms with E-state index in [2.05, 4.69) is 16.8 Å². The third-order valence-corrected chi connectivity index (χ3v) is 4.76. The fraction of sp³-hybridized carbons (Fsp3) is 0.524. The summed E-state index contributed by atoms with van der Waals surface area (Å²) in [6.07, 6.45) is 5.87. The molecule has 2 amide bonds. The predicted molar refractivity (Wildman–Crippen MR) is 103 cm³/mol. The zero-order valence-corrected chi connectivity index (χ0v) is 16.2. The summed E-state index contributed by atoms with van der Waals surface area (Å²) in [5, 5.41) is 2.82. The highest BCUT2D eigenvalue weighted by molar-refractivity contribution is 5.91. The third-order valence-electron chi connectivity index (χ3n) is 4.76. The Hall–Kier alpha value is -2.50. The van der Waals surface area contributed by atoms with Crippen LogP contribution in [-0.2, 0) is 17.9 Å². The molecule has 2 aromatic heterocycles. The molecule has 0 saturated heterocycles. The van der Waals surface area contributed by atoms with E-state index in [4.69, 9.17) is 4.42 Å². The van der Waals surface area contributed by atoms with Gasteiger partial charge in [-0.3, -0.25) is 9.59 Å². The molecular weight excluding hydrogens is 342 g/mol. The first-order valence-electron chi connectivity index (χ1n) is 9.92. The second-order valence-electron chi connectivity index (χ2n) is 7.18. The Morgan fingerprint density at radius 3 is 2.74 bits per heavy atom. The molecule has 0 atom stereocenters. The van der Waals surface area contributed by atoms with Crippen molar-refractivity contribution in [2.75, 3.05) is 13.1 Å². The van der Waals surface area contributed by atoms with Crippen LogP contribution >= 0.6 is 0 Å². The molecule has 6 nitrogen and oxygen atoms in total. The van der Waals surface area contributed by atoms with E-state index in [-0.39, 0.29) is 17.7 Å². The number of rotatable bonds is 10. The lowest BCUT2D eigenvalue weighted by Gasteiger charge is -2.23. The maximum atomic E-state index is 12.5. The van der Waals surface area contributed by atoms with Crippen LogP contribution in [0.15, 0.2) is 34.9 Å². The van der Waals surface area contributed by atoms with Crippen molar-refractivity contribution in [3.05, 3.63) is 47.7 Å². The quantitative estimate of drug-likeness (QED) is 0.696. The van der Waals surface area contributed by atoms with Crippen LogP contribution in [0.5, 0.6) is 0 Å². The van der Waals surface area contributed by atoms with Gasteiger partial charge in [0, 0.05) is 30.9 Å². The van der Waals surface area contributed by atoms with Gasteiger partial charge in [-0.2, -0.15) is 0 Å². The highest BCUT2D eigenvalue weighted by Crippen LogP contribution is 2.31. The average Bonchev–Trinajstić information content (AvgIpc) is 3.27. The summed E-state index contributed by atoms with van der Waals surface area (Å²) in [6, 6.07) is 7.58. The third kappa shape index (κ3) is 5.02. The van der Waals surface area contributed by atoms with Gasteiger partial charge >= 0.3 is 0 Å². The zero-order chi connectivity index (χ0) is 19.2. The van der Waals surface area contributed by atoms with Gasteiger partial charge in [0.25, 0.3) is 5.91 Å². The van der Waals surface area contributed by atoms with Gasteiger partial charge in [0.2, 0.25) is 5.91 Å². The van der Waals surface area contributed by atoms with Crippen LogP contribution in [0.2, 0.25) is 0 Å². The molecule has 0 aliphatic heterocycles. The standard InChI is InChI=1S/C21H29N3O3/c1-3-11-22-20(25)19-10-9-18(27-19)15-23-13-5-6-17(23)14-24(12-4-2)21(26)16-7-8-16/h5-6,9-10,13,16H,3-4,7-8,11-12,14-15H2,1-2H3,(H,22,25). The summed E-state index contributed by atoms with van der Waals surface area (Å²) in [5.74, 6) is 1.39.